The zero-order valence-electron chi connectivity index (χ0n) is 20.2. The number of ether oxygens (including phenoxy) is 1. The third kappa shape index (κ3) is 5.29. The van der Waals surface area contributed by atoms with Crippen molar-refractivity contribution in [2.24, 2.45) is 5.92 Å². The number of nitrogens with zero attached hydrogens (tertiary/aromatic N) is 3. The van der Waals surface area contributed by atoms with Crippen LogP contribution >= 0.6 is 11.3 Å². The molecule has 0 saturated carbocycles. The van der Waals surface area contributed by atoms with Crippen molar-refractivity contribution in [2.75, 3.05) is 26.7 Å². The average Bonchev–Trinajstić information content (AvgIpc) is 3.42. The number of pyridine rings is 1. The van der Waals surface area contributed by atoms with Gasteiger partial charge in [0.1, 0.15) is 21.7 Å². The number of halogens is 1. The number of aromatic nitrogens is 1. The predicted molar refractivity (Wildman–Crippen MR) is 135 cm³/mol. The van der Waals surface area contributed by atoms with Crippen molar-refractivity contribution < 1.29 is 27.4 Å². The molecule has 1 N–H and O–H groups in total. The van der Waals surface area contributed by atoms with Crippen LogP contribution in [0.5, 0.6) is 5.88 Å². The van der Waals surface area contributed by atoms with Crippen LogP contribution in [0.1, 0.15) is 24.2 Å². The highest BCUT2D eigenvalue weighted by molar-refractivity contribution is 7.91. The summed E-state index contributed by atoms with van der Waals surface area (Å²) in [6, 6.07) is 10.2. The molecule has 4 rings (SSSR count). The highest BCUT2D eigenvalue weighted by Crippen LogP contribution is 2.31. The summed E-state index contributed by atoms with van der Waals surface area (Å²) in [6.07, 6.45) is 0.920. The average molecular weight is 534 g/mol. The van der Waals surface area contributed by atoms with Crippen LogP contribution in [-0.4, -0.2) is 72.5 Å². The fourth-order valence-corrected chi connectivity index (χ4v) is 6.42. The van der Waals surface area contributed by atoms with Crippen LogP contribution in [0.25, 0.3) is 11.1 Å². The van der Waals surface area contributed by atoms with Crippen molar-refractivity contribution in [3.8, 4) is 17.0 Å². The Bertz CT molecular complexity index is 1320. The lowest BCUT2D eigenvalue weighted by Crippen LogP contribution is -2.50. The van der Waals surface area contributed by atoms with E-state index in [9.17, 15) is 22.7 Å². The number of amides is 1. The standard InChI is InChI=1S/C25H28FN3O5S2/c1-16-13-29(17(2)15-30)25(31)21-11-19(18-6-8-20(26)9-7-18)12-27-24(21)34-22(16)14-28(3)36(32,33)23-5-4-10-35-23/h4-12,16-17,22,30H,13-15H2,1-3H3/t16-,17+,22-/m0/s1. The fraction of sp³-hybridized carbons (Fsp3) is 0.360. The van der Waals surface area contributed by atoms with Gasteiger partial charge in [-0.15, -0.1) is 11.3 Å². The lowest BCUT2D eigenvalue weighted by atomic mass is 9.99. The molecule has 36 heavy (non-hydrogen) atoms. The number of likely N-dealkylation sites (N-methyl/N-ethyl adjacent to an activating group) is 1. The second-order valence-corrected chi connectivity index (χ2v) is 12.1. The Labute approximate surface area is 214 Å². The quantitative estimate of drug-likeness (QED) is 0.499. The van der Waals surface area contributed by atoms with Gasteiger partial charge in [0.05, 0.1) is 19.2 Å². The van der Waals surface area contributed by atoms with Crippen LogP contribution in [0.4, 0.5) is 4.39 Å². The summed E-state index contributed by atoms with van der Waals surface area (Å²) in [5, 5.41) is 11.5. The molecule has 3 aromatic rings. The molecule has 1 amide bonds. The number of aliphatic hydroxyl groups excluding tert-OH is 1. The van der Waals surface area contributed by atoms with Gasteiger partial charge in [-0.25, -0.2) is 17.8 Å². The molecule has 0 spiro atoms. The maximum absolute atomic E-state index is 13.5. The van der Waals surface area contributed by atoms with E-state index in [0.29, 0.717) is 11.1 Å². The first-order valence-electron chi connectivity index (χ1n) is 11.5. The molecular formula is C25H28FN3O5S2. The third-order valence-corrected chi connectivity index (χ3v) is 9.49. The molecule has 8 nitrogen and oxygen atoms in total. The molecule has 3 atom stereocenters. The van der Waals surface area contributed by atoms with E-state index in [4.69, 9.17) is 4.74 Å². The molecule has 1 aliphatic heterocycles. The number of carbonyl (C=O) groups is 1. The number of fused-ring (bicyclic) bond motifs is 1. The number of carbonyl (C=O) groups excluding carboxylic acids is 1. The molecule has 0 fully saturated rings. The van der Waals surface area contributed by atoms with Gasteiger partial charge in [0.2, 0.25) is 5.88 Å². The molecular weight excluding hydrogens is 505 g/mol. The summed E-state index contributed by atoms with van der Waals surface area (Å²) in [5.74, 6) is -0.915. The highest BCUT2D eigenvalue weighted by atomic mass is 32.2. The Balaban J connectivity index is 1.71. The minimum Gasteiger partial charge on any atom is -0.472 e. The zero-order chi connectivity index (χ0) is 26.0. The summed E-state index contributed by atoms with van der Waals surface area (Å²) in [6.45, 7) is 3.66. The Morgan fingerprint density at radius 2 is 2.00 bits per heavy atom. The Hall–Kier alpha value is -2.86. The van der Waals surface area contributed by atoms with Crippen molar-refractivity contribution in [3.05, 3.63) is 65.4 Å². The SMILES string of the molecule is C[C@H](CO)N1C[C@H](C)[C@H](CN(C)S(=O)(=O)c2cccs2)Oc2ncc(-c3ccc(F)cc3)cc2C1=O. The highest BCUT2D eigenvalue weighted by Gasteiger charge is 2.36. The third-order valence-electron chi connectivity index (χ3n) is 6.30. The number of benzene rings is 1. The summed E-state index contributed by atoms with van der Waals surface area (Å²) in [5.41, 5.74) is 1.47. The van der Waals surface area contributed by atoms with Gasteiger partial charge in [-0.1, -0.05) is 25.1 Å². The van der Waals surface area contributed by atoms with E-state index in [2.05, 4.69) is 4.98 Å². The van der Waals surface area contributed by atoms with Crippen molar-refractivity contribution in [2.45, 2.75) is 30.2 Å². The Morgan fingerprint density at radius 3 is 2.64 bits per heavy atom. The van der Waals surface area contributed by atoms with E-state index < -0.39 is 22.2 Å². The molecule has 11 heteroatoms. The van der Waals surface area contributed by atoms with Gasteiger partial charge in [0.25, 0.3) is 15.9 Å². The molecule has 0 unspecified atom stereocenters. The minimum absolute atomic E-state index is 0.0395. The van der Waals surface area contributed by atoms with E-state index in [1.54, 1.807) is 47.5 Å². The van der Waals surface area contributed by atoms with Crippen LogP contribution in [0, 0.1) is 11.7 Å². The van der Waals surface area contributed by atoms with Gasteiger partial charge in [-0.3, -0.25) is 4.79 Å². The maximum Gasteiger partial charge on any atom is 0.259 e. The smallest absolute Gasteiger partial charge is 0.259 e. The summed E-state index contributed by atoms with van der Waals surface area (Å²) >= 11 is 1.14. The topological polar surface area (TPSA) is 100 Å². The summed E-state index contributed by atoms with van der Waals surface area (Å²) in [7, 11) is -2.21. The van der Waals surface area contributed by atoms with E-state index >= 15 is 0 Å². The van der Waals surface area contributed by atoms with Crippen molar-refractivity contribution >= 4 is 27.3 Å². The van der Waals surface area contributed by atoms with E-state index in [1.165, 1.54) is 29.7 Å². The fourth-order valence-electron chi connectivity index (χ4n) is 4.04. The Morgan fingerprint density at radius 1 is 1.28 bits per heavy atom. The normalized spacial score (nSPS) is 19.4. The number of thiophene rings is 1. The van der Waals surface area contributed by atoms with Gasteiger partial charge in [0.15, 0.2) is 0 Å². The summed E-state index contributed by atoms with van der Waals surface area (Å²) < 4.78 is 47.1. The van der Waals surface area contributed by atoms with Crippen LogP contribution in [-0.2, 0) is 10.0 Å². The molecule has 1 aliphatic rings. The van der Waals surface area contributed by atoms with Crippen molar-refractivity contribution in [3.63, 3.8) is 0 Å². The van der Waals surface area contributed by atoms with Gasteiger partial charge < -0.3 is 14.7 Å². The first kappa shape index (κ1) is 26.2. The number of aliphatic hydroxyl groups is 1. The Kier molecular flexibility index (Phi) is 7.74. The van der Waals surface area contributed by atoms with E-state index in [-0.39, 0.29) is 53.0 Å². The van der Waals surface area contributed by atoms with Gasteiger partial charge >= 0.3 is 0 Å². The van der Waals surface area contributed by atoms with Gasteiger partial charge in [-0.2, -0.15) is 4.31 Å². The maximum atomic E-state index is 13.5. The first-order valence-corrected chi connectivity index (χ1v) is 13.8. The number of rotatable bonds is 7. The van der Waals surface area contributed by atoms with E-state index in [0.717, 1.165) is 11.3 Å². The largest absolute Gasteiger partial charge is 0.472 e. The van der Waals surface area contributed by atoms with Crippen LogP contribution in [0.2, 0.25) is 0 Å². The molecule has 0 saturated heterocycles. The second kappa shape index (κ2) is 10.6. The monoisotopic (exact) mass is 533 g/mol. The molecule has 192 valence electrons. The predicted octanol–water partition coefficient (Wildman–Crippen LogP) is 3.49. The van der Waals surface area contributed by atoms with Gasteiger partial charge in [0, 0.05) is 31.3 Å². The van der Waals surface area contributed by atoms with Crippen molar-refractivity contribution in [1.82, 2.24) is 14.2 Å². The molecule has 0 radical (unpaired) electrons. The number of hydrogen-bond donors (Lipinski definition) is 1. The number of sulfonamides is 1. The number of hydrogen-bond acceptors (Lipinski definition) is 7. The van der Waals surface area contributed by atoms with Gasteiger partial charge in [-0.05, 0) is 42.1 Å². The van der Waals surface area contributed by atoms with Crippen LogP contribution < -0.4 is 4.74 Å². The van der Waals surface area contributed by atoms with Crippen molar-refractivity contribution in [1.29, 1.82) is 0 Å². The lowest BCUT2D eigenvalue weighted by Gasteiger charge is -2.37. The van der Waals surface area contributed by atoms with Crippen LogP contribution in [0.15, 0.2) is 58.3 Å². The second-order valence-electron chi connectivity index (χ2n) is 8.92. The minimum atomic E-state index is -3.71. The molecule has 3 heterocycles. The molecule has 2 aromatic heterocycles. The summed E-state index contributed by atoms with van der Waals surface area (Å²) in [4.78, 5) is 19.5. The lowest BCUT2D eigenvalue weighted by molar-refractivity contribution is 0.0373. The molecule has 0 bridgehead atoms. The van der Waals surface area contributed by atoms with Crippen LogP contribution in [0.3, 0.4) is 0 Å². The zero-order valence-corrected chi connectivity index (χ0v) is 21.8. The first-order chi connectivity index (χ1) is 17.1. The van der Waals surface area contributed by atoms with E-state index in [1.807, 2.05) is 6.92 Å². The molecule has 1 aromatic carbocycles. The molecule has 0 aliphatic carbocycles.